The summed E-state index contributed by atoms with van der Waals surface area (Å²) in [6, 6.07) is 5.27. The summed E-state index contributed by atoms with van der Waals surface area (Å²) in [7, 11) is 4.05. The maximum atomic E-state index is 12.4. The number of amides is 1. The number of carbonyl (C=O) groups excluding carboxylic acids is 1. The van der Waals surface area contributed by atoms with Gasteiger partial charge in [-0.2, -0.15) is 0 Å². The van der Waals surface area contributed by atoms with E-state index < -0.39 is 0 Å². The molecule has 0 radical (unpaired) electrons. The number of anilines is 1. The highest BCUT2D eigenvalue weighted by molar-refractivity contribution is 5.98. The fourth-order valence-electron chi connectivity index (χ4n) is 2.46. The fraction of sp³-hybridized carbons (Fsp3) is 0.500. The number of nitrogens with two attached hydrogens (primary N) is 1. The lowest BCUT2D eigenvalue weighted by atomic mass is 10.0. The van der Waals surface area contributed by atoms with Crippen molar-refractivity contribution in [2.24, 2.45) is 0 Å². The van der Waals surface area contributed by atoms with Gasteiger partial charge in [-0.25, -0.2) is 0 Å². The maximum Gasteiger partial charge on any atom is 0.257 e. The van der Waals surface area contributed by atoms with Gasteiger partial charge in [0.15, 0.2) is 5.75 Å². The first-order valence-corrected chi connectivity index (χ1v) is 6.54. The average molecular weight is 263 g/mol. The van der Waals surface area contributed by atoms with Crippen molar-refractivity contribution in [2.75, 3.05) is 32.9 Å². The summed E-state index contributed by atoms with van der Waals surface area (Å²) < 4.78 is 0. The molecule has 1 fully saturated rings. The molecule has 0 aromatic heterocycles. The van der Waals surface area contributed by atoms with Crippen LogP contribution in [0, 0.1) is 0 Å². The van der Waals surface area contributed by atoms with Crippen molar-refractivity contribution in [2.45, 2.75) is 18.9 Å². The molecule has 2 rings (SSSR count). The number of aromatic hydroxyl groups is 1. The number of para-hydroxylation sites is 1. The molecule has 1 aromatic carbocycles. The summed E-state index contributed by atoms with van der Waals surface area (Å²) >= 11 is 0. The molecule has 104 valence electrons. The highest BCUT2D eigenvalue weighted by Gasteiger charge is 2.27. The smallest absolute Gasteiger partial charge is 0.257 e. The van der Waals surface area contributed by atoms with Gasteiger partial charge >= 0.3 is 0 Å². The lowest BCUT2D eigenvalue weighted by molar-refractivity contribution is 0.0632. The van der Waals surface area contributed by atoms with Crippen LogP contribution >= 0.6 is 0 Å². The molecular weight excluding hydrogens is 242 g/mol. The van der Waals surface area contributed by atoms with Crippen LogP contribution in [0.15, 0.2) is 18.2 Å². The number of phenolic OH excluding ortho intramolecular Hbond substituents is 1. The monoisotopic (exact) mass is 263 g/mol. The zero-order valence-electron chi connectivity index (χ0n) is 11.5. The van der Waals surface area contributed by atoms with E-state index in [1.807, 2.05) is 14.1 Å². The van der Waals surface area contributed by atoms with Crippen molar-refractivity contribution in [3.8, 4) is 5.75 Å². The second kappa shape index (κ2) is 5.48. The number of piperidine rings is 1. The van der Waals surface area contributed by atoms with Gasteiger partial charge in [0, 0.05) is 19.1 Å². The van der Waals surface area contributed by atoms with Gasteiger partial charge in [-0.05, 0) is 39.1 Å². The van der Waals surface area contributed by atoms with Gasteiger partial charge in [-0.3, -0.25) is 4.79 Å². The van der Waals surface area contributed by atoms with Crippen LogP contribution in [0.2, 0.25) is 0 Å². The van der Waals surface area contributed by atoms with E-state index in [4.69, 9.17) is 5.73 Å². The Morgan fingerprint density at radius 3 is 2.89 bits per heavy atom. The predicted molar refractivity (Wildman–Crippen MR) is 75.1 cm³/mol. The standard InChI is InChI=1S/C14H21N3O2/c1-16(2)10-5-4-8-17(9-10)14(19)11-6-3-7-12(15)13(11)18/h3,6-7,10,18H,4-5,8-9,15H2,1-2H3. The van der Waals surface area contributed by atoms with Crippen molar-refractivity contribution in [1.82, 2.24) is 9.80 Å². The van der Waals surface area contributed by atoms with Crippen LogP contribution in [0.5, 0.6) is 5.75 Å². The van der Waals surface area contributed by atoms with Crippen LogP contribution in [0.25, 0.3) is 0 Å². The normalized spacial score (nSPS) is 19.7. The van der Waals surface area contributed by atoms with Crippen molar-refractivity contribution < 1.29 is 9.90 Å². The number of hydrogen-bond acceptors (Lipinski definition) is 4. The van der Waals surface area contributed by atoms with Crippen molar-refractivity contribution in [3.63, 3.8) is 0 Å². The Morgan fingerprint density at radius 1 is 1.47 bits per heavy atom. The lowest BCUT2D eigenvalue weighted by Gasteiger charge is -2.36. The third kappa shape index (κ3) is 2.81. The van der Waals surface area contributed by atoms with E-state index in [-0.39, 0.29) is 17.3 Å². The molecular formula is C14H21N3O2. The summed E-state index contributed by atoms with van der Waals surface area (Å²) in [6.45, 7) is 1.43. The van der Waals surface area contributed by atoms with Crippen LogP contribution in [0.4, 0.5) is 5.69 Å². The van der Waals surface area contributed by atoms with Gasteiger partial charge in [-0.15, -0.1) is 0 Å². The van der Waals surface area contributed by atoms with E-state index in [1.165, 1.54) is 0 Å². The first-order chi connectivity index (χ1) is 9.00. The van der Waals surface area contributed by atoms with Gasteiger partial charge in [0.05, 0.1) is 11.3 Å². The topological polar surface area (TPSA) is 69.8 Å². The SMILES string of the molecule is CN(C)C1CCCN(C(=O)c2cccc(N)c2O)C1. The minimum absolute atomic E-state index is 0.112. The van der Waals surface area contributed by atoms with Crippen LogP contribution < -0.4 is 5.73 Å². The molecule has 5 heteroatoms. The summed E-state index contributed by atoms with van der Waals surface area (Å²) in [5.74, 6) is -0.254. The molecule has 19 heavy (non-hydrogen) atoms. The fourth-order valence-corrected chi connectivity index (χ4v) is 2.46. The Hall–Kier alpha value is -1.75. The molecule has 1 aromatic rings. The van der Waals surface area contributed by atoms with E-state index in [0.717, 1.165) is 19.4 Å². The van der Waals surface area contributed by atoms with Crippen LogP contribution in [0.1, 0.15) is 23.2 Å². The Bertz CT molecular complexity index is 474. The molecule has 1 heterocycles. The summed E-state index contributed by atoms with van der Waals surface area (Å²) in [5, 5.41) is 9.89. The number of rotatable bonds is 2. The third-order valence-corrected chi connectivity index (χ3v) is 3.71. The van der Waals surface area contributed by atoms with Gasteiger partial charge in [0.1, 0.15) is 0 Å². The van der Waals surface area contributed by atoms with Gasteiger partial charge in [0.25, 0.3) is 5.91 Å². The maximum absolute atomic E-state index is 12.4. The highest BCUT2D eigenvalue weighted by Crippen LogP contribution is 2.27. The molecule has 0 saturated carbocycles. The number of likely N-dealkylation sites (N-methyl/N-ethyl adjacent to an activating group) is 1. The number of carbonyl (C=O) groups is 1. The predicted octanol–water partition coefficient (Wildman–Crippen LogP) is 1.14. The summed E-state index contributed by atoms with van der Waals surface area (Å²) in [5.41, 5.74) is 6.17. The van der Waals surface area contributed by atoms with E-state index >= 15 is 0 Å². The molecule has 1 amide bonds. The molecule has 1 unspecified atom stereocenters. The number of benzene rings is 1. The van der Waals surface area contributed by atoms with Crippen molar-refractivity contribution in [1.29, 1.82) is 0 Å². The van der Waals surface area contributed by atoms with E-state index in [9.17, 15) is 9.90 Å². The Morgan fingerprint density at radius 2 is 2.21 bits per heavy atom. The third-order valence-electron chi connectivity index (χ3n) is 3.71. The van der Waals surface area contributed by atoms with Crippen molar-refractivity contribution in [3.05, 3.63) is 23.8 Å². The largest absolute Gasteiger partial charge is 0.505 e. The van der Waals surface area contributed by atoms with Gasteiger partial charge < -0.3 is 20.6 Å². The van der Waals surface area contributed by atoms with Gasteiger partial charge in [-0.1, -0.05) is 6.07 Å². The number of likely N-dealkylation sites (tertiary alicyclic amines) is 1. The minimum Gasteiger partial charge on any atom is -0.505 e. The summed E-state index contributed by atoms with van der Waals surface area (Å²) in [6.07, 6.45) is 2.08. The molecule has 1 aliphatic heterocycles. The first kappa shape index (κ1) is 13.7. The average Bonchev–Trinajstić information content (AvgIpc) is 2.41. The van der Waals surface area contributed by atoms with Crippen LogP contribution in [-0.4, -0.2) is 54.0 Å². The molecule has 5 nitrogen and oxygen atoms in total. The van der Waals surface area contributed by atoms with Gasteiger partial charge in [0.2, 0.25) is 0 Å². The zero-order valence-corrected chi connectivity index (χ0v) is 11.5. The van der Waals surface area contributed by atoms with E-state index in [2.05, 4.69) is 4.90 Å². The van der Waals surface area contributed by atoms with E-state index in [0.29, 0.717) is 18.2 Å². The van der Waals surface area contributed by atoms with Crippen LogP contribution in [-0.2, 0) is 0 Å². The number of hydrogen-bond donors (Lipinski definition) is 2. The molecule has 0 aliphatic carbocycles. The van der Waals surface area contributed by atoms with E-state index in [1.54, 1.807) is 23.1 Å². The molecule has 0 bridgehead atoms. The number of phenols is 1. The Kier molecular flexibility index (Phi) is 3.95. The Balaban J connectivity index is 2.17. The molecule has 1 saturated heterocycles. The quantitative estimate of drug-likeness (QED) is 0.620. The second-order valence-electron chi connectivity index (χ2n) is 5.25. The first-order valence-electron chi connectivity index (χ1n) is 6.54. The minimum atomic E-state index is -0.142. The highest BCUT2D eigenvalue weighted by atomic mass is 16.3. The van der Waals surface area contributed by atoms with Crippen molar-refractivity contribution >= 4 is 11.6 Å². The molecule has 1 atom stereocenters. The summed E-state index contributed by atoms with van der Waals surface area (Å²) in [4.78, 5) is 16.4. The number of nitrogens with zero attached hydrogens (tertiary/aromatic N) is 2. The zero-order chi connectivity index (χ0) is 14.0. The second-order valence-corrected chi connectivity index (χ2v) is 5.25. The number of nitrogen functional groups attached to an aromatic ring is 1. The Labute approximate surface area is 113 Å². The lowest BCUT2D eigenvalue weighted by Crippen LogP contribution is -2.47. The molecule has 0 spiro atoms. The molecule has 3 N–H and O–H groups in total. The molecule has 1 aliphatic rings. The van der Waals surface area contributed by atoms with Crippen LogP contribution in [0.3, 0.4) is 0 Å².